The topological polar surface area (TPSA) is 85.2 Å². The van der Waals surface area contributed by atoms with E-state index in [1.54, 1.807) is 6.20 Å². The first-order valence-corrected chi connectivity index (χ1v) is 6.79. The lowest BCUT2D eigenvalue weighted by Crippen LogP contribution is -2.40. The number of rotatable bonds is 5. The molecule has 0 bridgehead atoms. The fourth-order valence-electron chi connectivity index (χ4n) is 2.55. The molecule has 6 heteroatoms. The number of anilines is 1. The summed E-state index contributed by atoms with van der Waals surface area (Å²) >= 11 is 4.94. The number of hydrogen-bond acceptors (Lipinski definition) is 4. The zero-order chi connectivity index (χ0) is 13.8. The predicted octanol–water partition coefficient (Wildman–Crippen LogP) is 0.950. The van der Waals surface area contributed by atoms with E-state index in [9.17, 15) is 4.79 Å². The van der Waals surface area contributed by atoms with Crippen LogP contribution in [-0.2, 0) is 4.79 Å². The van der Waals surface area contributed by atoms with Gasteiger partial charge in [0.25, 0.3) is 0 Å². The lowest BCUT2D eigenvalue weighted by atomic mass is 10.1. The number of aromatic nitrogens is 1. The molecule has 1 fully saturated rings. The van der Waals surface area contributed by atoms with Crippen LogP contribution in [-0.4, -0.2) is 28.5 Å². The Bertz CT molecular complexity index is 485. The summed E-state index contributed by atoms with van der Waals surface area (Å²) in [6.07, 6.45) is 6.20. The van der Waals surface area contributed by atoms with Gasteiger partial charge in [0.1, 0.15) is 4.99 Å². The van der Waals surface area contributed by atoms with Crippen LogP contribution in [0.25, 0.3) is 0 Å². The number of nitrogens with zero attached hydrogens (tertiary/aromatic N) is 2. The van der Waals surface area contributed by atoms with Gasteiger partial charge < -0.3 is 16.4 Å². The second-order valence-electron chi connectivity index (χ2n) is 4.80. The molecule has 2 rings (SSSR count). The average Bonchev–Trinajstić information content (AvgIpc) is 2.89. The van der Waals surface area contributed by atoms with E-state index in [2.05, 4.69) is 4.98 Å². The van der Waals surface area contributed by atoms with E-state index in [4.69, 9.17) is 23.7 Å². The third-order valence-corrected chi connectivity index (χ3v) is 3.63. The molecule has 4 N–H and O–H groups in total. The quantitative estimate of drug-likeness (QED) is 0.783. The Morgan fingerprint density at radius 3 is 2.68 bits per heavy atom. The smallest absolute Gasteiger partial charge is 0.236 e. The fourth-order valence-corrected chi connectivity index (χ4v) is 2.66. The van der Waals surface area contributed by atoms with Crippen molar-refractivity contribution in [3.63, 3.8) is 0 Å². The zero-order valence-corrected chi connectivity index (χ0v) is 11.5. The summed E-state index contributed by atoms with van der Waals surface area (Å²) in [6, 6.07) is 4.04. The normalized spacial score (nSPS) is 15.4. The Labute approximate surface area is 118 Å². The van der Waals surface area contributed by atoms with Gasteiger partial charge in [-0.05, 0) is 25.0 Å². The molecule has 0 radical (unpaired) electrons. The fraction of sp³-hybridized carbons (Fsp3) is 0.462. The van der Waals surface area contributed by atoms with Crippen LogP contribution in [0.15, 0.2) is 18.3 Å². The van der Waals surface area contributed by atoms with Crippen LogP contribution in [0, 0.1) is 0 Å². The summed E-state index contributed by atoms with van der Waals surface area (Å²) in [5.74, 6) is -0.333. The van der Waals surface area contributed by atoms with Gasteiger partial charge >= 0.3 is 0 Å². The molecule has 1 aromatic heterocycles. The molecule has 1 aliphatic carbocycles. The van der Waals surface area contributed by atoms with Crippen molar-refractivity contribution < 1.29 is 4.79 Å². The molecule has 1 aliphatic rings. The van der Waals surface area contributed by atoms with Gasteiger partial charge in [-0.3, -0.25) is 9.78 Å². The van der Waals surface area contributed by atoms with Crippen molar-refractivity contribution in [3.05, 3.63) is 24.0 Å². The van der Waals surface area contributed by atoms with Gasteiger partial charge in [0.15, 0.2) is 0 Å². The summed E-state index contributed by atoms with van der Waals surface area (Å²) in [5, 5.41) is 0. The molecule has 1 aromatic rings. The van der Waals surface area contributed by atoms with Gasteiger partial charge in [0, 0.05) is 17.9 Å². The molecule has 1 heterocycles. The van der Waals surface area contributed by atoms with Crippen molar-refractivity contribution in [2.24, 2.45) is 11.5 Å². The summed E-state index contributed by atoms with van der Waals surface area (Å²) < 4.78 is 0. The standard InChI is InChI=1S/C13H18N4OS/c14-12(18)8-17(9-3-1-2-4-9)10-5-6-16-11(7-10)13(15)19/h5-7,9H,1-4,8H2,(H2,14,18)(H2,15,19). The van der Waals surface area contributed by atoms with Crippen molar-refractivity contribution in [3.8, 4) is 0 Å². The number of nitrogens with two attached hydrogens (primary N) is 2. The van der Waals surface area contributed by atoms with E-state index in [1.165, 1.54) is 12.8 Å². The monoisotopic (exact) mass is 278 g/mol. The highest BCUT2D eigenvalue weighted by Crippen LogP contribution is 2.28. The first kappa shape index (κ1) is 13.7. The van der Waals surface area contributed by atoms with E-state index in [0.717, 1.165) is 18.5 Å². The zero-order valence-electron chi connectivity index (χ0n) is 10.7. The third kappa shape index (κ3) is 3.41. The van der Waals surface area contributed by atoms with Gasteiger partial charge in [-0.2, -0.15) is 0 Å². The Morgan fingerprint density at radius 1 is 1.42 bits per heavy atom. The minimum atomic E-state index is -0.333. The van der Waals surface area contributed by atoms with Crippen LogP contribution in [0.4, 0.5) is 5.69 Å². The number of thiocarbonyl (C=S) groups is 1. The van der Waals surface area contributed by atoms with Gasteiger partial charge in [0.05, 0.1) is 12.2 Å². The van der Waals surface area contributed by atoms with Gasteiger partial charge in [-0.1, -0.05) is 25.1 Å². The SMILES string of the molecule is NC(=O)CN(c1ccnc(C(N)=S)c1)C1CCCC1. The predicted molar refractivity (Wildman–Crippen MR) is 78.9 cm³/mol. The molecule has 0 atom stereocenters. The Hall–Kier alpha value is -1.69. The third-order valence-electron chi connectivity index (χ3n) is 3.42. The highest BCUT2D eigenvalue weighted by atomic mass is 32.1. The summed E-state index contributed by atoms with van der Waals surface area (Å²) in [5.41, 5.74) is 12.4. The molecule has 5 nitrogen and oxygen atoms in total. The van der Waals surface area contributed by atoms with Crippen LogP contribution in [0.1, 0.15) is 31.4 Å². The van der Waals surface area contributed by atoms with Gasteiger partial charge in [-0.25, -0.2) is 0 Å². The van der Waals surface area contributed by atoms with Crippen LogP contribution in [0.3, 0.4) is 0 Å². The molecule has 0 saturated heterocycles. The summed E-state index contributed by atoms with van der Waals surface area (Å²) in [6.45, 7) is 0.214. The van der Waals surface area contributed by atoms with Crippen LogP contribution in [0.2, 0.25) is 0 Å². The number of carbonyl (C=O) groups excluding carboxylic acids is 1. The lowest BCUT2D eigenvalue weighted by Gasteiger charge is -2.30. The molecule has 0 aliphatic heterocycles. The highest BCUT2D eigenvalue weighted by molar-refractivity contribution is 7.80. The molecule has 0 aromatic carbocycles. The largest absolute Gasteiger partial charge is 0.388 e. The molecule has 19 heavy (non-hydrogen) atoms. The van der Waals surface area contributed by atoms with E-state index < -0.39 is 0 Å². The molecule has 102 valence electrons. The molecule has 0 unspecified atom stereocenters. The van der Waals surface area contributed by atoms with Crippen LogP contribution in [0.5, 0.6) is 0 Å². The minimum Gasteiger partial charge on any atom is -0.388 e. The van der Waals surface area contributed by atoms with Crippen molar-refractivity contribution in [1.82, 2.24) is 4.98 Å². The minimum absolute atomic E-state index is 0.214. The average molecular weight is 278 g/mol. The lowest BCUT2D eigenvalue weighted by molar-refractivity contribution is -0.116. The molecule has 1 saturated carbocycles. The van der Waals surface area contributed by atoms with E-state index >= 15 is 0 Å². The van der Waals surface area contributed by atoms with Crippen molar-refractivity contribution in [2.75, 3.05) is 11.4 Å². The Kier molecular flexibility index (Phi) is 4.31. The highest BCUT2D eigenvalue weighted by Gasteiger charge is 2.24. The van der Waals surface area contributed by atoms with Crippen molar-refractivity contribution in [1.29, 1.82) is 0 Å². The number of hydrogen-bond donors (Lipinski definition) is 2. The number of carbonyl (C=O) groups is 1. The van der Waals surface area contributed by atoms with Gasteiger partial charge in [-0.15, -0.1) is 0 Å². The first-order chi connectivity index (χ1) is 9.08. The Balaban J connectivity index is 2.28. The maximum absolute atomic E-state index is 11.3. The summed E-state index contributed by atoms with van der Waals surface area (Å²) in [7, 11) is 0. The van der Waals surface area contributed by atoms with Gasteiger partial charge in [0.2, 0.25) is 5.91 Å². The number of pyridine rings is 1. The first-order valence-electron chi connectivity index (χ1n) is 6.38. The van der Waals surface area contributed by atoms with Crippen molar-refractivity contribution >= 4 is 28.8 Å². The van der Waals surface area contributed by atoms with Crippen molar-refractivity contribution in [2.45, 2.75) is 31.7 Å². The number of amides is 1. The maximum Gasteiger partial charge on any atom is 0.236 e. The maximum atomic E-state index is 11.3. The second-order valence-corrected chi connectivity index (χ2v) is 5.24. The molecular weight excluding hydrogens is 260 g/mol. The van der Waals surface area contributed by atoms with E-state index in [-0.39, 0.29) is 17.4 Å². The molecule has 0 spiro atoms. The Morgan fingerprint density at radius 2 is 2.11 bits per heavy atom. The summed E-state index contributed by atoms with van der Waals surface area (Å²) in [4.78, 5) is 17.7. The van der Waals surface area contributed by atoms with Crippen LogP contribution < -0.4 is 16.4 Å². The van der Waals surface area contributed by atoms with Crippen LogP contribution >= 0.6 is 12.2 Å². The molecule has 1 amide bonds. The second kappa shape index (κ2) is 5.97. The van der Waals surface area contributed by atoms with E-state index in [1.807, 2.05) is 17.0 Å². The van der Waals surface area contributed by atoms with E-state index in [0.29, 0.717) is 11.7 Å². The molecular formula is C13H18N4OS. The number of primary amides is 1.